The number of nitrogens with two attached hydrogens (primary N) is 1. The summed E-state index contributed by atoms with van der Waals surface area (Å²) in [5, 5.41) is 0.325. The maximum Gasteiger partial charge on any atom is 0.255 e. The van der Waals surface area contributed by atoms with Gasteiger partial charge >= 0.3 is 0 Å². The molecule has 108 valence electrons. The van der Waals surface area contributed by atoms with Crippen molar-refractivity contribution < 1.29 is 14.3 Å². The lowest BCUT2D eigenvalue weighted by molar-refractivity contribution is -0.181. The molecule has 5 nitrogen and oxygen atoms in total. The zero-order valence-corrected chi connectivity index (χ0v) is 11.9. The minimum Gasteiger partial charge on any atom is -0.398 e. The van der Waals surface area contributed by atoms with Crippen molar-refractivity contribution in [1.82, 2.24) is 4.90 Å². The van der Waals surface area contributed by atoms with E-state index in [2.05, 4.69) is 0 Å². The third kappa shape index (κ3) is 2.37. The molecule has 1 aromatic carbocycles. The Morgan fingerprint density at radius 1 is 1.25 bits per heavy atom. The molecule has 0 radical (unpaired) electrons. The third-order valence-corrected chi connectivity index (χ3v) is 4.31. The molecule has 0 aliphatic carbocycles. The molecule has 2 N–H and O–H groups in total. The van der Waals surface area contributed by atoms with Crippen molar-refractivity contribution in [1.29, 1.82) is 0 Å². The average molecular weight is 297 g/mol. The number of amides is 1. The van der Waals surface area contributed by atoms with Gasteiger partial charge in [0.15, 0.2) is 5.79 Å². The molecule has 0 unspecified atom stereocenters. The van der Waals surface area contributed by atoms with E-state index in [1.165, 1.54) is 0 Å². The van der Waals surface area contributed by atoms with Crippen LogP contribution in [0.5, 0.6) is 0 Å². The highest BCUT2D eigenvalue weighted by molar-refractivity contribution is 6.36. The molecular formula is C14H17ClN2O3. The predicted octanol–water partition coefficient (Wildman–Crippen LogP) is 1.90. The first kappa shape index (κ1) is 13.7. The van der Waals surface area contributed by atoms with Gasteiger partial charge in [0.25, 0.3) is 5.91 Å². The number of ether oxygens (including phenoxy) is 2. The van der Waals surface area contributed by atoms with Crippen molar-refractivity contribution in [2.45, 2.75) is 18.6 Å². The van der Waals surface area contributed by atoms with Crippen LogP contribution in [-0.4, -0.2) is 42.9 Å². The van der Waals surface area contributed by atoms with Crippen LogP contribution in [-0.2, 0) is 9.47 Å². The molecule has 0 saturated carbocycles. The van der Waals surface area contributed by atoms with E-state index in [0.29, 0.717) is 55.4 Å². The molecule has 20 heavy (non-hydrogen) atoms. The first-order chi connectivity index (χ1) is 9.61. The third-order valence-electron chi connectivity index (χ3n) is 3.89. The fourth-order valence-corrected chi connectivity index (χ4v) is 2.93. The summed E-state index contributed by atoms with van der Waals surface area (Å²) in [5.41, 5.74) is 6.62. The highest BCUT2D eigenvalue weighted by Crippen LogP contribution is 2.32. The molecule has 2 aliphatic rings. The van der Waals surface area contributed by atoms with Crippen LogP contribution in [0.1, 0.15) is 23.2 Å². The molecule has 2 heterocycles. The van der Waals surface area contributed by atoms with Gasteiger partial charge in [-0.25, -0.2) is 0 Å². The number of halogens is 1. The number of likely N-dealkylation sites (tertiary alicyclic amines) is 1. The van der Waals surface area contributed by atoms with Crippen LogP contribution in [0.2, 0.25) is 5.02 Å². The average Bonchev–Trinajstić information content (AvgIpc) is 2.90. The van der Waals surface area contributed by atoms with Gasteiger partial charge in [-0.05, 0) is 12.1 Å². The normalized spacial score (nSPS) is 21.4. The van der Waals surface area contributed by atoms with Crippen LogP contribution >= 0.6 is 11.6 Å². The number of piperidine rings is 1. The number of hydrogen-bond acceptors (Lipinski definition) is 4. The van der Waals surface area contributed by atoms with Gasteiger partial charge in [-0.3, -0.25) is 4.79 Å². The Morgan fingerprint density at radius 2 is 1.90 bits per heavy atom. The topological polar surface area (TPSA) is 64.8 Å². The minimum absolute atomic E-state index is 0.0878. The van der Waals surface area contributed by atoms with Gasteiger partial charge in [-0.2, -0.15) is 0 Å². The van der Waals surface area contributed by atoms with Crippen LogP contribution in [0.3, 0.4) is 0 Å². The Labute approximate surface area is 122 Å². The molecule has 6 heteroatoms. The molecule has 0 atom stereocenters. The largest absolute Gasteiger partial charge is 0.398 e. The summed E-state index contributed by atoms with van der Waals surface area (Å²) in [4.78, 5) is 14.3. The van der Waals surface area contributed by atoms with Crippen molar-refractivity contribution in [3.8, 4) is 0 Å². The molecule has 1 amide bonds. The highest BCUT2D eigenvalue weighted by Gasteiger charge is 2.41. The zero-order chi connectivity index (χ0) is 14.2. The SMILES string of the molecule is Nc1cccc(C(=O)N2CCC3(CC2)OCCO3)c1Cl. The van der Waals surface area contributed by atoms with Crippen LogP contribution < -0.4 is 5.73 Å². The number of carbonyl (C=O) groups excluding carboxylic acids is 1. The quantitative estimate of drug-likeness (QED) is 0.804. The summed E-state index contributed by atoms with van der Waals surface area (Å²) in [7, 11) is 0. The summed E-state index contributed by atoms with van der Waals surface area (Å²) in [6, 6.07) is 5.13. The number of nitrogen functional groups attached to an aromatic ring is 1. The number of nitrogens with zero attached hydrogens (tertiary/aromatic N) is 1. The summed E-state index contributed by atoms with van der Waals surface area (Å²) in [6.07, 6.45) is 1.39. The van der Waals surface area contributed by atoms with E-state index in [1.54, 1.807) is 23.1 Å². The predicted molar refractivity (Wildman–Crippen MR) is 75.6 cm³/mol. The smallest absolute Gasteiger partial charge is 0.255 e. The van der Waals surface area contributed by atoms with Crippen LogP contribution in [0.4, 0.5) is 5.69 Å². The zero-order valence-electron chi connectivity index (χ0n) is 11.1. The fourth-order valence-electron chi connectivity index (χ4n) is 2.72. The number of benzene rings is 1. The molecule has 1 spiro atoms. The first-order valence-electron chi connectivity index (χ1n) is 6.72. The number of hydrogen-bond donors (Lipinski definition) is 1. The Kier molecular flexibility index (Phi) is 3.58. The van der Waals surface area contributed by atoms with E-state index in [9.17, 15) is 4.79 Å². The standard InChI is InChI=1S/C14H17ClN2O3/c15-12-10(2-1-3-11(12)16)13(18)17-6-4-14(5-7-17)19-8-9-20-14/h1-3H,4-9,16H2. The maximum atomic E-state index is 12.5. The molecule has 1 aromatic rings. The summed E-state index contributed by atoms with van der Waals surface area (Å²) in [5.74, 6) is -0.564. The van der Waals surface area contributed by atoms with Crippen LogP contribution in [0.15, 0.2) is 18.2 Å². The van der Waals surface area contributed by atoms with Gasteiger partial charge in [0, 0.05) is 25.9 Å². The second-order valence-electron chi connectivity index (χ2n) is 5.11. The highest BCUT2D eigenvalue weighted by atomic mass is 35.5. The lowest BCUT2D eigenvalue weighted by Crippen LogP contribution is -2.47. The van der Waals surface area contributed by atoms with E-state index >= 15 is 0 Å². The minimum atomic E-state index is -0.476. The van der Waals surface area contributed by atoms with Gasteiger partial charge in [-0.15, -0.1) is 0 Å². The van der Waals surface area contributed by atoms with Gasteiger partial charge in [0.2, 0.25) is 0 Å². The molecule has 3 rings (SSSR count). The Hall–Kier alpha value is -1.30. The van der Waals surface area contributed by atoms with E-state index in [1.807, 2.05) is 0 Å². The second kappa shape index (κ2) is 5.24. The summed E-state index contributed by atoms with van der Waals surface area (Å²) in [6.45, 7) is 2.47. The maximum absolute atomic E-state index is 12.5. The number of rotatable bonds is 1. The number of anilines is 1. The first-order valence-corrected chi connectivity index (χ1v) is 7.10. The Bertz CT molecular complexity index is 519. The lowest BCUT2D eigenvalue weighted by Gasteiger charge is -2.37. The van der Waals surface area contributed by atoms with E-state index in [0.717, 1.165) is 0 Å². The molecule has 2 fully saturated rings. The Balaban J connectivity index is 1.71. The monoisotopic (exact) mass is 296 g/mol. The molecule has 2 saturated heterocycles. The van der Waals surface area contributed by atoms with Gasteiger partial charge in [-0.1, -0.05) is 17.7 Å². The molecule has 0 aromatic heterocycles. The van der Waals surface area contributed by atoms with Gasteiger partial charge in [0.1, 0.15) is 0 Å². The van der Waals surface area contributed by atoms with E-state index in [-0.39, 0.29) is 5.91 Å². The van der Waals surface area contributed by atoms with Gasteiger partial charge in [0.05, 0.1) is 29.5 Å². The van der Waals surface area contributed by atoms with Crippen LogP contribution in [0, 0.1) is 0 Å². The van der Waals surface area contributed by atoms with E-state index < -0.39 is 5.79 Å². The van der Waals surface area contributed by atoms with Crippen molar-refractivity contribution in [3.05, 3.63) is 28.8 Å². The lowest BCUT2D eigenvalue weighted by atomic mass is 10.0. The summed E-state index contributed by atoms with van der Waals surface area (Å²) >= 11 is 6.11. The van der Waals surface area contributed by atoms with Crippen molar-refractivity contribution in [2.75, 3.05) is 32.0 Å². The van der Waals surface area contributed by atoms with Gasteiger partial charge < -0.3 is 20.1 Å². The van der Waals surface area contributed by atoms with Crippen molar-refractivity contribution in [2.24, 2.45) is 0 Å². The Morgan fingerprint density at radius 3 is 2.55 bits per heavy atom. The van der Waals surface area contributed by atoms with Crippen molar-refractivity contribution in [3.63, 3.8) is 0 Å². The fraction of sp³-hybridized carbons (Fsp3) is 0.500. The molecule has 2 aliphatic heterocycles. The van der Waals surface area contributed by atoms with Crippen LogP contribution in [0.25, 0.3) is 0 Å². The molecule has 0 bridgehead atoms. The molecular weight excluding hydrogens is 280 g/mol. The van der Waals surface area contributed by atoms with Crippen molar-refractivity contribution >= 4 is 23.2 Å². The number of carbonyl (C=O) groups is 1. The second-order valence-corrected chi connectivity index (χ2v) is 5.49. The van der Waals surface area contributed by atoms with E-state index in [4.69, 9.17) is 26.8 Å². The summed E-state index contributed by atoms with van der Waals surface area (Å²) < 4.78 is 11.3.